The Hall–Kier alpha value is -2.82. The predicted octanol–water partition coefficient (Wildman–Crippen LogP) is 3.20. The molecule has 1 amide bonds. The maximum Gasteiger partial charge on any atom is 0.260 e. The summed E-state index contributed by atoms with van der Waals surface area (Å²) in [5.74, 6) is 0.808. The number of hydrogen-bond donors (Lipinski definition) is 0. The summed E-state index contributed by atoms with van der Waals surface area (Å²) in [6.45, 7) is 3.53. The van der Waals surface area contributed by atoms with Crippen molar-refractivity contribution in [2.75, 3.05) is 19.7 Å². The van der Waals surface area contributed by atoms with E-state index in [0.29, 0.717) is 6.54 Å². The van der Waals surface area contributed by atoms with E-state index in [2.05, 4.69) is 15.6 Å². The number of rotatable bonds is 4. The van der Waals surface area contributed by atoms with Crippen LogP contribution < -0.4 is 4.74 Å². The Bertz CT molecular complexity index is 903. The lowest BCUT2D eigenvalue weighted by Crippen LogP contribution is -2.33. The average Bonchev–Trinajstić information content (AvgIpc) is 3.27. The molecular formula is C20H21N3O2. The molecular weight excluding hydrogens is 314 g/mol. The maximum absolute atomic E-state index is 12.5. The van der Waals surface area contributed by atoms with Gasteiger partial charge in [0, 0.05) is 13.1 Å². The van der Waals surface area contributed by atoms with E-state index >= 15 is 0 Å². The molecule has 0 unspecified atom stereocenters. The summed E-state index contributed by atoms with van der Waals surface area (Å²) >= 11 is 0. The first-order valence-corrected chi connectivity index (χ1v) is 8.60. The molecule has 0 aliphatic carbocycles. The third-order valence-corrected chi connectivity index (χ3v) is 4.84. The van der Waals surface area contributed by atoms with E-state index < -0.39 is 0 Å². The van der Waals surface area contributed by atoms with Gasteiger partial charge in [-0.1, -0.05) is 30.3 Å². The molecule has 1 aliphatic heterocycles. The summed E-state index contributed by atoms with van der Waals surface area (Å²) in [5.41, 5.74) is 3.16. The number of amides is 1. The Labute approximate surface area is 146 Å². The highest BCUT2D eigenvalue weighted by atomic mass is 16.5. The number of nitrogens with zero attached hydrogens (tertiary/aromatic N) is 3. The van der Waals surface area contributed by atoms with Gasteiger partial charge in [-0.25, -0.2) is 4.98 Å². The van der Waals surface area contributed by atoms with Crippen molar-refractivity contribution in [2.24, 2.45) is 0 Å². The SMILES string of the molecule is Cc1ccccc1OCC(=O)N1CC[C@@H](n2cnc3ccccc32)C1. The quantitative estimate of drug-likeness (QED) is 0.736. The first-order valence-electron chi connectivity index (χ1n) is 8.60. The summed E-state index contributed by atoms with van der Waals surface area (Å²) in [5, 5.41) is 0. The van der Waals surface area contributed by atoms with Crippen molar-refractivity contribution in [1.29, 1.82) is 0 Å². The number of ether oxygens (including phenoxy) is 1. The Morgan fingerprint density at radius 2 is 2.00 bits per heavy atom. The first-order chi connectivity index (χ1) is 12.2. The molecule has 1 atom stereocenters. The molecule has 0 bridgehead atoms. The number of likely N-dealkylation sites (tertiary alicyclic amines) is 1. The Morgan fingerprint density at radius 3 is 2.88 bits per heavy atom. The zero-order chi connectivity index (χ0) is 17.2. The first kappa shape index (κ1) is 15.7. The van der Waals surface area contributed by atoms with Gasteiger partial charge in [0.05, 0.1) is 23.4 Å². The van der Waals surface area contributed by atoms with Crippen molar-refractivity contribution in [2.45, 2.75) is 19.4 Å². The molecule has 1 aromatic heterocycles. The summed E-state index contributed by atoms with van der Waals surface area (Å²) in [6, 6.07) is 16.1. The Morgan fingerprint density at radius 1 is 1.20 bits per heavy atom. The molecule has 1 saturated heterocycles. The molecule has 3 aromatic rings. The van der Waals surface area contributed by atoms with Gasteiger partial charge in [-0.15, -0.1) is 0 Å². The van der Waals surface area contributed by atoms with Gasteiger partial charge in [-0.3, -0.25) is 4.79 Å². The van der Waals surface area contributed by atoms with Crippen LogP contribution in [0.5, 0.6) is 5.75 Å². The number of carbonyl (C=O) groups excluding carboxylic acids is 1. The van der Waals surface area contributed by atoms with Crippen molar-refractivity contribution < 1.29 is 9.53 Å². The second kappa shape index (κ2) is 6.59. The highest BCUT2D eigenvalue weighted by Crippen LogP contribution is 2.26. The van der Waals surface area contributed by atoms with Crippen molar-refractivity contribution in [1.82, 2.24) is 14.5 Å². The smallest absolute Gasteiger partial charge is 0.260 e. The van der Waals surface area contributed by atoms with Crippen LogP contribution in [0.2, 0.25) is 0 Å². The van der Waals surface area contributed by atoms with Crippen LogP contribution in [-0.2, 0) is 4.79 Å². The minimum atomic E-state index is 0.0372. The second-order valence-corrected chi connectivity index (χ2v) is 6.48. The van der Waals surface area contributed by atoms with E-state index in [1.165, 1.54) is 0 Å². The zero-order valence-electron chi connectivity index (χ0n) is 14.3. The van der Waals surface area contributed by atoms with Gasteiger partial charge >= 0.3 is 0 Å². The Kier molecular flexibility index (Phi) is 4.14. The number of aromatic nitrogens is 2. The summed E-state index contributed by atoms with van der Waals surface area (Å²) in [7, 11) is 0. The van der Waals surface area contributed by atoms with Crippen LogP contribution in [0.4, 0.5) is 0 Å². The van der Waals surface area contributed by atoms with Crippen LogP contribution in [0.3, 0.4) is 0 Å². The van der Waals surface area contributed by atoms with Crippen molar-refractivity contribution in [3.63, 3.8) is 0 Å². The maximum atomic E-state index is 12.5. The normalized spacial score (nSPS) is 17.2. The van der Waals surface area contributed by atoms with Crippen LogP contribution in [0.1, 0.15) is 18.0 Å². The van der Waals surface area contributed by atoms with Gasteiger partial charge in [0.2, 0.25) is 0 Å². The van der Waals surface area contributed by atoms with Crippen molar-refractivity contribution >= 4 is 16.9 Å². The van der Waals surface area contributed by atoms with Gasteiger partial charge in [0.15, 0.2) is 6.61 Å². The van der Waals surface area contributed by atoms with E-state index in [1.54, 1.807) is 0 Å². The number of benzene rings is 2. The minimum absolute atomic E-state index is 0.0372. The van der Waals surface area contributed by atoms with Gasteiger partial charge in [-0.2, -0.15) is 0 Å². The molecule has 0 saturated carbocycles. The molecule has 0 spiro atoms. The Balaban J connectivity index is 1.40. The standard InChI is InChI=1S/C20H21N3O2/c1-15-6-2-5-9-19(15)25-13-20(24)22-11-10-16(12-22)23-14-21-17-7-3-4-8-18(17)23/h2-9,14,16H,10-13H2,1H3/t16-/m1/s1. The fourth-order valence-electron chi connectivity index (χ4n) is 3.41. The van der Waals surface area contributed by atoms with Crippen LogP contribution in [0.15, 0.2) is 54.9 Å². The zero-order valence-corrected chi connectivity index (χ0v) is 14.3. The van der Waals surface area contributed by atoms with Crippen molar-refractivity contribution in [3.05, 3.63) is 60.4 Å². The molecule has 5 heteroatoms. The second-order valence-electron chi connectivity index (χ2n) is 6.48. The summed E-state index contributed by atoms with van der Waals surface area (Å²) in [6.07, 6.45) is 2.82. The molecule has 0 radical (unpaired) electrons. The van der Waals surface area contributed by atoms with Crippen molar-refractivity contribution in [3.8, 4) is 5.75 Å². The van der Waals surface area contributed by atoms with Crippen LogP contribution in [0, 0.1) is 6.92 Å². The molecule has 2 heterocycles. The van der Waals surface area contributed by atoms with E-state index in [4.69, 9.17) is 4.74 Å². The third-order valence-electron chi connectivity index (χ3n) is 4.84. The molecule has 1 fully saturated rings. The van der Waals surface area contributed by atoms with E-state index in [0.717, 1.165) is 35.3 Å². The van der Waals surface area contributed by atoms with E-state index in [9.17, 15) is 4.79 Å². The van der Waals surface area contributed by atoms with Gasteiger partial charge in [0.1, 0.15) is 5.75 Å². The number of para-hydroxylation sites is 3. The molecule has 2 aromatic carbocycles. The summed E-state index contributed by atoms with van der Waals surface area (Å²) < 4.78 is 7.88. The monoisotopic (exact) mass is 335 g/mol. The molecule has 25 heavy (non-hydrogen) atoms. The molecule has 1 aliphatic rings. The van der Waals surface area contributed by atoms with Crippen LogP contribution in [0.25, 0.3) is 11.0 Å². The molecule has 0 N–H and O–H groups in total. The number of imidazole rings is 1. The third kappa shape index (κ3) is 3.09. The highest BCUT2D eigenvalue weighted by molar-refractivity contribution is 5.78. The number of carbonyl (C=O) groups is 1. The number of aryl methyl sites for hydroxylation is 1. The lowest BCUT2D eigenvalue weighted by Gasteiger charge is -2.18. The fourth-order valence-corrected chi connectivity index (χ4v) is 3.41. The number of fused-ring (bicyclic) bond motifs is 1. The van der Waals surface area contributed by atoms with Crippen LogP contribution >= 0.6 is 0 Å². The van der Waals surface area contributed by atoms with E-state index in [-0.39, 0.29) is 18.6 Å². The lowest BCUT2D eigenvalue weighted by atomic mass is 10.2. The average molecular weight is 335 g/mol. The van der Waals surface area contributed by atoms with E-state index in [1.807, 2.05) is 60.6 Å². The molecule has 128 valence electrons. The largest absolute Gasteiger partial charge is 0.484 e. The lowest BCUT2D eigenvalue weighted by molar-refractivity contribution is -0.132. The minimum Gasteiger partial charge on any atom is -0.484 e. The van der Waals surface area contributed by atoms with Gasteiger partial charge in [0.25, 0.3) is 5.91 Å². The highest BCUT2D eigenvalue weighted by Gasteiger charge is 2.28. The van der Waals surface area contributed by atoms with Gasteiger partial charge < -0.3 is 14.2 Å². The summed E-state index contributed by atoms with van der Waals surface area (Å²) in [4.78, 5) is 18.8. The van der Waals surface area contributed by atoms with Gasteiger partial charge in [-0.05, 0) is 37.1 Å². The fraction of sp³-hybridized carbons (Fsp3) is 0.300. The number of hydrogen-bond acceptors (Lipinski definition) is 3. The topological polar surface area (TPSA) is 47.4 Å². The molecule has 5 nitrogen and oxygen atoms in total. The molecule has 4 rings (SSSR count). The van der Waals surface area contributed by atoms with Crippen LogP contribution in [-0.4, -0.2) is 40.1 Å². The predicted molar refractivity (Wildman–Crippen MR) is 96.6 cm³/mol.